The molecule has 10 aromatic carbocycles. The van der Waals surface area contributed by atoms with Gasteiger partial charge in [0.15, 0.2) is 23.1 Å². The summed E-state index contributed by atoms with van der Waals surface area (Å²) in [6, 6.07) is 67.7. The number of rotatable bonds is 20. The first-order valence-electron chi connectivity index (χ1n) is 51.4. The average Bonchev–Trinajstić information content (AvgIpc) is 1.72. The zero-order valence-corrected chi connectivity index (χ0v) is 90.3. The topological polar surface area (TPSA) is 237 Å². The fourth-order valence-corrected chi connectivity index (χ4v) is 21.5. The van der Waals surface area contributed by atoms with Crippen molar-refractivity contribution in [2.24, 2.45) is 0 Å². The number of ketones is 4. The highest BCUT2D eigenvalue weighted by Crippen LogP contribution is 2.53. The molecule has 0 spiro atoms. The van der Waals surface area contributed by atoms with E-state index in [-0.39, 0.29) is 28.7 Å². The molecule has 0 bridgehead atoms. The number of fused-ring (bicyclic) bond motifs is 6. The van der Waals surface area contributed by atoms with Crippen LogP contribution in [0.3, 0.4) is 0 Å². The molecular weight excluding hydrogens is 1900 g/mol. The summed E-state index contributed by atoms with van der Waals surface area (Å²) in [6.07, 6.45) is 9.75. The highest BCUT2D eigenvalue weighted by atomic mass is 35.5. The zero-order valence-electron chi connectivity index (χ0n) is 88.8. The van der Waals surface area contributed by atoms with E-state index >= 15 is 0 Å². The Morgan fingerprint density at radius 2 is 0.779 bits per heavy atom. The van der Waals surface area contributed by atoms with Crippen molar-refractivity contribution < 1.29 is 52.3 Å². The van der Waals surface area contributed by atoms with E-state index in [4.69, 9.17) is 86.3 Å². The van der Waals surface area contributed by atoms with Crippen LogP contribution in [0.1, 0.15) is 246 Å². The molecule has 149 heavy (non-hydrogen) atoms. The molecule has 0 amide bonds. The van der Waals surface area contributed by atoms with Crippen LogP contribution in [-0.2, 0) is 57.4 Å². The van der Waals surface area contributed by atoms with Crippen LogP contribution in [0.2, 0.25) is 10.0 Å². The lowest BCUT2D eigenvalue weighted by molar-refractivity contribution is -0.139. The van der Waals surface area contributed by atoms with Gasteiger partial charge < -0.3 is 33.2 Å². The zero-order chi connectivity index (χ0) is 106. The van der Waals surface area contributed by atoms with Gasteiger partial charge in [-0.25, -0.2) is 9.97 Å². The van der Waals surface area contributed by atoms with Gasteiger partial charge in [-0.1, -0.05) is 91.6 Å². The van der Waals surface area contributed by atoms with Crippen molar-refractivity contribution in [2.45, 2.75) is 243 Å². The standard InChI is InChI=1S/C34H32N2O3.C33H35N3O3.C31H32N2O3.C29H27Cl2NO3/c1-20-19-27-24(11-13-26(36-27)22-9-7-6-8-10-22)31(29(20)33(21(2)37)39-34(3,4)5)25-12-14-28-30-23(16-18-38-28)15-17-35-32(25)30;1-18(2)24-17-36-25-16-19(3)28(32(20(4)37)39-33(5,6)7)30(22(25)9-11-27(36)35-24)23-8-10-26-29-21(13-15-38-26)12-14-34-31(23)29;1-17-16-24-21(8-10-23(33-24)19-6-7-19)28(26(17)30(18(2)34)36-31(3,4)5)22-9-11-25-27-20(13-15-35-25)12-14-32-29(22)27;1-17-16-24-23(14-15-25(34)32(24)22-12-10-21(31)11-13-22)27(19-6-8-20(30)9-7-19)26(17)28(18(2)33)35-29(3,4)5/h6-15,17,19,33H,16,18H2,1-5H3;8-12,14,16-18,32H,13,15H2,1-7H3;8-12,14,16,19,30H,6-7,13,15H2,1-5H3;6-16,28H,1-5H3/t33-;32-;30-;28-/m1111/s1. The predicted molar refractivity (Wildman–Crippen MR) is 598 cm³/mol. The van der Waals surface area contributed by atoms with E-state index in [1.807, 2.05) is 200 Å². The third-order valence-electron chi connectivity index (χ3n) is 27.8. The van der Waals surface area contributed by atoms with Crippen LogP contribution in [0.5, 0.6) is 17.2 Å². The van der Waals surface area contributed by atoms with Crippen molar-refractivity contribution >= 4 is 128 Å². The molecule has 0 unspecified atom stereocenters. The largest absolute Gasteiger partial charge is 0.493 e. The molecule has 1 fully saturated rings. The highest BCUT2D eigenvalue weighted by Gasteiger charge is 2.39. The molecule has 0 radical (unpaired) electrons. The summed E-state index contributed by atoms with van der Waals surface area (Å²) in [7, 11) is 0. The van der Waals surface area contributed by atoms with Gasteiger partial charge in [0.2, 0.25) is 0 Å². The van der Waals surface area contributed by atoms with E-state index in [9.17, 15) is 24.0 Å². The van der Waals surface area contributed by atoms with Gasteiger partial charge in [0.25, 0.3) is 5.56 Å². The molecule has 3 aliphatic heterocycles. The molecule has 22 rings (SSSR count). The number of benzene rings is 10. The molecule has 18 aromatic rings. The van der Waals surface area contributed by atoms with E-state index in [1.165, 1.54) is 29.5 Å². The first-order valence-corrected chi connectivity index (χ1v) is 52.1. The monoisotopic (exact) mass is 2020 g/mol. The summed E-state index contributed by atoms with van der Waals surface area (Å²) >= 11 is 12.3. The second-order valence-electron chi connectivity index (χ2n) is 44.0. The van der Waals surface area contributed by atoms with Gasteiger partial charge in [-0.05, 0) is 392 Å². The number of aryl methyl sites for hydroxylation is 4. The smallest absolute Gasteiger partial charge is 0.255 e. The lowest BCUT2D eigenvalue weighted by atomic mass is 9.85. The van der Waals surface area contributed by atoms with Crippen LogP contribution >= 0.6 is 23.2 Å². The Balaban J connectivity index is 0.000000125. The quantitative estimate of drug-likeness (QED) is 0.0689. The maximum Gasteiger partial charge on any atom is 0.255 e. The van der Waals surface area contributed by atoms with Gasteiger partial charge >= 0.3 is 0 Å². The van der Waals surface area contributed by atoms with Gasteiger partial charge in [-0.2, -0.15) is 0 Å². The summed E-state index contributed by atoms with van der Waals surface area (Å²) in [5.41, 5.74) is 28.1. The lowest BCUT2D eigenvalue weighted by Crippen LogP contribution is -2.27. The van der Waals surface area contributed by atoms with Crippen molar-refractivity contribution in [3.8, 4) is 78.7 Å². The highest BCUT2D eigenvalue weighted by molar-refractivity contribution is 6.31. The van der Waals surface area contributed by atoms with Crippen molar-refractivity contribution in [1.29, 1.82) is 0 Å². The van der Waals surface area contributed by atoms with Crippen molar-refractivity contribution in [3.05, 3.63) is 324 Å². The summed E-state index contributed by atoms with van der Waals surface area (Å²) in [4.78, 5) is 95.1. The number of Topliss-reactive ketones (excluding diaryl/α,β-unsaturated/α-hetero) is 4. The molecule has 0 saturated heterocycles. The number of nitrogens with zero attached hydrogens (tertiary/aromatic N) is 8. The molecule has 760 valence electrons. The van der Waals surface area contributed by atoms with E-state index < -0.39 is 46.8 Å². The Morgan fingerprint density at radius 3 is 1.20 bits per heavy atom. The number of pyridine rings is 7. The number of hydrogen-bond acceptors (Lipinski definition) is 18. The Bertz CT molecular complexity index is 8440. The van der Waals surface area contributed by atoms with Crippen molar-refractivity contribution in [1.82, 2.24) is 38.9 Å². The number of carbonyl (C=O) groups is 4. The van der Waals surface area contributed by atoms with E-state index in [2.05, 4.69) is 141 Å². The third kappa shape index (κ3) is 21.2. The normalized spacial score (nSPS) is 14.3. The number of imidazole rings is 1. The third-order valence-corrected chi connectivity index (χ3v) is 28.3. The first kappa shape index (κ1) is 103. The van der Waals surface area contributed by atoms with E-state index in [0.717, 1.165) is 230 Å². The van der Waals surface area contributed by atoms with Crippen molar-refractivity contribution in [2.75, 3.05) is 19.8 Å². The second-order valence-corrected chi connectivity index (χ2v) is 44.8. The number of hydrogen-bond donors (Lipinski definition) is 0. The molecule has 4 aliphatic rings. The maximum absolute atomic E-state index is 13.2. The molecule has 8 aromatic heterocycles. The fourth-order valence-electron chi connectivity index (χ4n) is 21.2. The summed E-state index contributed by atoms with van der Waals surface area (Å²) in [5.74, 6) is 3.26. The summed E-state index contributed by atoms with van der Waals surface area (Å²) < 4.78 is 47.5. The van der Waals surface area contributed by atoms with E-state index in [1.54, 1.807) is 50.5 Å². The number of halogens is 2. The molecule has 0 N–H and O–H groups in total. The van der Waals surface area contributed by atoms with Crippen LogP contribution < -0.4 is 19.8 Å². The van der Waals surface area contributed by atoms with Gasteiger partial charge in [0, 0.05) is 137 Å². The van der Waals surface area contributed by atoms with Crippen LogP contribution in [0.25, 0.3) is 143 Å². The van der Waals surface area contributed by atoms with Crippen molar-refractivity contribution in [3.63, 3.8) is 0 Å². The Labute approximate surface area is 879 Å². The lowest BCUT2D eigenvalue weighted by Gasteiger charge is -2.30. The molecule has 22 heteroatoms. The SMILES string of the molecule is CC(=O)[C@@H](OC(C)(C)C)c1c(C)cc2c(ccc(=O)n2-c2ccc(Cl)cc2)c1-c1ccc(Cl)cc1.CC(=O)[C@@H](OC(C)(C)C)c1c(C)cc2c(ccc3nc(C(C)C)cn32)c1-c1ccc2c3c(ccnc13)CCO2.CC(=O)[C@@H](OC(C)(C)C)c1c(C)cc2nc(-c3ccccc3)ccc2c1-c1ccc2c3c(ccnc13)CCO2.CC(=O)[C@@H](OC(C)(C)C)c1c(C)cc2nc(C3CC3)ccc2c1-c1ccc2c3c(ccnc13)CCO2. The van der Waals surface area contributed by atoms with E-state index in [0.29, 0.717) is 47.4 Å². The van der Waals surface area contributed by atoms with Crippen LogP contribution in [0.4, 0.5) is 0 Å². The maximum atomic E-state index is 13.2. The fraction of sp³-hybridized carbons (Fsp3) is 0.315. The van der Waals surface area contributed by atoms with Gasteiger partial charge in [-0.15, -0.1) is 0 Å². The van der Waals surface area contributed by atoms with Gasteiger partial charge in [-0.3, -0.25) is 52.9 Å². The minimum atomic E-state index is -0.777. The van der Waals surface area contributed by atoms with Crippen LogP contribution in [-0.4, -0.2) is 104 Å². The Hall–Kier alpha value is -14.1. The molecule has 11 heterocycles. The number of aromatic nitrogens is 8. The average molecular weight is 2030 g/mol. The minimum absolute atomic E-state index is 0.0183. The number of carbonyl (C=O) groups excluding carboxylic acids is 4. The molecule has 1 aliphatic carbocycles. The van der Waals surface area contributed by atoms with Gasteiger partial charge in [0.1, 0.15) is 47.3 Å². The Kier molecular flexibility index (Phi) is 28.5. The number of ether oxygens (including phenoxy) is 7. The predicted octanol–water partition coefficient (Wildman–Crippen LogP) is 30.1. The Morgan fingerprint density at radius 1 is 0.396 bits per heavy atom. The minimum Gasteiger partial charge on any atom is -0.493 e. The molecule has 1 saturated carbocycles. The molecule has 20 nitrogen and oxygen atoms in total. The molecule has 4 atom stereocenters. The first-order chi connectivity index (χ1) is 70.9. The molecular formula is C127H126Cl2N8O12. The van der Waals surface area contributed by atoms with Crippen LogP contribution in [0.15, 0.2) is 236 Å². The van der Waals surface area contributed by atoms with Crippen LogP contribution in [0, 0.1) is 27.7 Å². The summed E-state index contributed by atoms with van der Waals surface area (Å²) in [6.45, 7) is 44.5. The summed E-state index contributed by atoms with van der Waals surface area (Å²) in [5, 5.41) is 8.16. The van der Waals surface area contributed by atoms with Gasteiger partial charge in [0.05, 0.1) is 92.2 Å². The second kappa shape index (κ2) is 41.1.